The van der Waals surface area contributed by atoms with Gasteiger partial charge < -0.3 is 16.8 Å². The Morgan fingerprint density at radius 3 is 2.52 bits per heavy atom. The summed E-state index contributed by atoms with van der Waals surface area (Å²) in [6.07, 6.45) is 2.08. The maximum Gasteiger partial charge on any atom is 0.250 e. The molecule has 0 saturated carbocycles. The molecule has 1 amide bonds. The lowest BCUT2D eigenvalue weighted by molar-refractivity contribution is 0.100. The van der Waals surface area contributed by atoms with E-state index in [0.29, 0.717) is 28.3 Å². The van der Waals surface area contributed by atoms with Gasteiger partial charge in [-0.1, -0.05) is 29.8 Å². The van der Waals surface area contributed by atoms with Crippen LogP contribution in [-0.4, -0.2) is 21.4 Å². The highest BCUT2D eigenvalue weighted by atomic mass is 35.5. The van der Waals surface area contributed by atoms with E-state index >= 15 is 0 Å². The van der Waals surface area contributed by atoms with Gasteiger partial charge >= 0.3 is 0 Å². The molecule has 3 aromatic rings. The molecule has 0 spiro atoms. The van der Waals surface area contributed by atoms with E-state index in [0.717, 1.165) is 10.9 Å². The van der Waals surface area contributed by atoms with Crippen molar-refractivity contribution in [3.8, 4) is 0 Å². The number of hydrogen-bond acceptors (Lipinski definition) is 5. The maximum atomic E-state index is 11.7. The number of nitrogens with one attached hydrogen (secondary N) is 1. The molecule has 1 atom stereocenters. The minimum atomic E-state index is -0.525. The molecule has 7 heteroatoms. The molecule has 0 aliphatic carbocycles. The largest absolute Gasteiger partial charge is 0.366 e. The number of nitrogens with two attached hydrogens (primary N) is 2. The number of anilines is 1. The van der Waals surface area contributed by atoms with E-state index in [1.165, 1.54) is 6.33 Å². The fraction of sp³-hybridized carbons (Fsp3) is 0.250. The van der Waals surface area contributed by atoms with E-state index in [9.17, 15) is 4.79 Å². The number of para-hydroxylation sites is 1. The predicted molar refractivity (Wildman–Crippen MR) is 109 cm³/mol. The monoisotopic (exact) mass is 383 g/mol. The summed E-state index contributed by atoms with van der Waals surface area (Å²) in [4.78, 5) is 20.3. The first kappa shape index (κ1) is 19.1. The lowest BCUT2D eigenvalue weighted by atomic mass is 9.92. The van der Waals surface area contributed by atoms with Crippen LogP contribution in [0.4, 0.5) is 5.82 Å². The summed E-state index contributed by atoms with van der Waals surface area (Å²) in [5, 5.41) is 4.85. The third-order valence-electron chi connectivity index (χ3n) is 4.24. The van der Waals surface area contributed by atoms with Crippen molar-refractivity contribution >= 4 is 34.2 Å². The van der Waals surface area contributed by atoms with Crippen LogP contribution in [0.25, 0.3) is 10.9 Å². The highest BCUT2D eigenvalue weighted by Crippen LogP contribution is 2.30. The number of primary amides is 1. The van der Waals surface area contributed by atoms with Crippen LogP contribution < -0.4 is 16.8 Å². The second-order valence-electron chi connectivity index (χ2n) is 7.23. The van der Waals surface area contributed by atoms with Crippen LogP contribution in [0.1, 0.15) is 42.2 Å². The zero-order valence-electron chi connectivity index (χ0n) is 15.2. The first-order valence-corrected chi connectivity index (χ1v) is 8.97. The van der Waals surface area contributed by atoms with Crippen molar-refractivity contribution in [2.45, 2.75) is 31.8 Å². The van der Waals surface area contributed by atoms with Crippen molar-refractivity contribution in [2.24, 2.45) is 11.5 Å². The number of aromatic nitrogens is 2. The molecular weight excluding hydrogens is 362 g/mol. The van der Waals surface area contributed by atoms with Gasteiger partial charge in [-0.2, -0.15) is 0 Å². The quantitative estimate of drug-likeness (QED) is 0.602. The normalized spacial score (nSPS) is 12.7. The van der Waals surface area contributed by atoms with E-state index in [1.54, 1.807) is 12.1 Å². The molecule has 140 valence electrons. The van der Waals surface area contributed by atoms with E-state index in [4.69, 9.17) is 23.1 Å². The molecule has 6 nitrogen and oxygen atoms in total. The van der Waals surface area contributed by atoms with Gasteiger partial charge in [0.2, 0.25) is 0 Å². The van der Waals surface area contributed by atoms with Crippen molar-refractivity contribution in [3.05, 3.63) is 64.9 Å². The SMILES string of the molecule is CC(C)(N)C[C@@H](Nc1ncnc2c(C(N)=O)cccc12)c1ccc(Cl)cc1. The average Bonchev–Trinajstić information content (AvgIpc) is 2.60. The topological polar surface area (TPSA) is 107 Å². The minimum Gasteiger partial charge on any atom is -0.366 e. The predicted octanol–water partition coefficient (Wildman–Crippen LogP) is 3.66. The van der Waals surface area contributed by atoms with Gasteiger partial charge in [-0.25, -0.2) is 9.97 Å². The van der Waals surface area contributed by atoms with E-state index in [-0.39, 0.29) is 6.04 Å². The van der Waals surface area contributed by atoms with E-state index < -0.39 is 11.4 Å². The molecule has 0 saturated heterocycles. The van der Waals surface area contributed by atoms with E-state index in [2.05, 4.69) is 15.3 Å². The van der Waals surface area contributed by atoms with Gasteiger partial charge in [0, 0.05) is 15.9 Å². The highest BCUT2D eigenvalue weighted by Gasteiger charge is 2.22. The lowest BCUT2D eigenvalue weighted by Gasteiger charge is -2.28. The van der Waals surface area contributed by atoms with Crippen molar-refractivity contribution in [2.75, 3.05) is 5.32 Å². The summed E-state index contributed by atoms with van der Waals surface area (Å²) >= 11 is 6.03. The van der Waals surface area contributed by atoms with Crippen molar-refractivity contribution in [1.29, 1.82) is 0 Å². The number of halogens is 1. The Bertz CT molecular complexity index is 966. The van der Waals surface area contributed by atoms with Crippen LogP contribution >= 0.6 is 11.6 Å². The van der Waals surface area contributed by atoms with Gasteiger partial charge in [0.15, 0.2) is 0 Å². The Labute approximate surface area is 162 Å². The van der Waals surface area contributed by atoms with Crippen molar-refractivity contribution < 1.29 is 4.79 Å². The molecule has 1 aromatic heterocycles. The first-order chi connectivity index (χ1) is 12.7. The molecule has 27 heavy (non-hydrogen) atoms. The van der Waals surface area contributed by atoms with Gasteiger partial charge in [0.25, 0.3) is 5.91 Å². The number of fused-ring (bicyclic) bond motifs is 1. The van der Waals surface area contributed by atoms with E-state index in [1.807, 2.05) is 44.2 Å². The second kappa shape index (κ2) is 7.50. The van der Waals surface area contributed by atoms with Crippen molar-refractivity contribution in [1.82, 2.24) is 9.97 Å². The molecule has 1 heterocycles. The summed E-state index contributed by atoms with van der Waals surface area (Å²) in [5.41, 5.74) is 13.3. The Kier molecular flexibility index (Phi) is 5.30. The maximum absolute atomic E-state index is 11.7. The van der Waals surface area contributed by atoms with Crippen LogP contribution in [0, 0.1) is 0 Å². The fourth-order valence-corrected chi connectivity index (χ4v) is 3.17. The highest BCUT2D eigenvalue weighted by molar-refractivity contribution is 6.30. The van der Waals surface area contributed by atoms with Crippen LogP contribution in [-0.2, 0) is 0 Å². The second-order valence-corrected chi connectivity index (χ2v) is 7.67. The number of nitrogens with zero attached hydrogens (tertiary/aromatic N) is 2. The minimum absolute atomic E-state index is 0.0994. The molecule has 0 aliphatic heterocycles. The molecule has 0 aliphatic rings. The molecular formula is C20H22ClN5O. The van der Waals surface area contributed by atoms with Crippen LogP contribution in [0.2, 0.25) is 5.02 Å². The number of carbonyl (C=O) groups excluding carboxylic acids is 1. The van der Waals surface area contributed by atoms with Gasteiger partial charge in [0.05, 0.1) is 17.1 Å². The zero-order chi connectivity index (χ0) is 19.6. The van der Waals surface area contributed by atoms with Crippen molar-refractivity contribution in [3.63, 3.8) is 0 Å². The summed E-state index contributed by atoms with van der Waals surface area (Å²) in [6, 6.07) is 12.8. The number of rotatable bonds is 6. The Balaban J connectivity index is 2.04. The number of amides is 1. The molecule has 0 radical (unpaired) electrons. The smallest absolute Gasteiger partial charge is 0.250 e. The fourth-order valence-electron chi connectivity index (χ4n) is 3.04. The number of hydrogen-bond donors (Lipinski definition) is 3. The van der Waals surface area contributed by atoms with Crippen LogP contribution in [0.3, 0.4) is 0 Å². The zero-order valence-corrected chi connectivity index (χ0v) is 16.0. The number of benzene rings is 2. The lowest BCUT2D eigenvalue weighted by Crippen LogP contribution is -2.35. The summed E-state index contributed by atoms with van der Waals surface area (Å²) in [5.74, 6) is 0.0925. The van der Waals surface area contributed by atoms with Gasteiger partial charge in [-0.3, -0.25) is 4.79 Å². The molecule has 3 rings (SSSR count). The van der Waals surface area contributed by atoms with Crippen LogP contribution in [0.15, 0.2) is 48.8 Å². The standard InChI is InChI=1S/C20H22ClN5O/c1-20(2,23)10-16(12-6-8-13(21)9-7-12)26-19-15-5-3-4-14(18(22)27)17(15)24-11-25-19/h3-9,11,16H,10,23H2,1-2H3,(H2,22,27)(H,24,25,26)/t16-/m1/s1. The van der Waals surface area contributed by atoms with Crippen LogP contribution in [0.5, 0.6) is 0 Å². The molecule has 0 fully saturated rings. The Morgan fingerprint density at radius 2 is 1.89 bits per heavy atom. The first-order valence-electron chi connectivity index (χ1n) is 8.59. The van der Waals surface area contributed by atoms with Gasteiger partial charge in [-0.15, -0.1) is 0 Å². The Morgan fingerprint density at radius 1 is 1.19 bits per heavy atom. The third-order valence-corrected chi connectivity index (χ3v) is 4.50. The number of carbonyl (C=O) groups is 1. The molecule has 2 aromatic carbocycles. The summed E-state index contributed by atoms with van der Waals surface area (Å²) in [6.45, 7) is 3.95. The summed E-state index contributed by atoms with van der Waals surface area (Å²) in [7, 11) is 0. The molecule has 0 unspecified atom stereocenters. The Hall–Kier alpha value is -2.70. The third kappa shape index (κ3) is 4.53. The van der Waals surface area contributed by atoms with Gasteiger partial charge in [0.1, 0.15) is 12.1 Å². The molecule has 0 bridgehead atoms. The average molecular weight is 384 g/mol. The summed E-state index contributed by atoms with van der Waals surface area (Å²) < 4.78 is 0. The molecule has 5 N–H and O–H groups in total. The van der Waals surface area contributed by atoms with Gasteiger partial charge in [-0.05, 0) is 50.1 Å².